The zero-order chi connectivity index (χ0) is 19.2. The Kier molecular flexibility index (Phi) is 5.97. The average molecular weight is 385 g/mol. The van der Waals surface area contributed by atoms with Crippen molar-refractivity contribution < 1.29 is 18.7 Å². The molecule has 0 bridgehead atoms. The molecule has 27 heavy (non-hydrogen) atoms. The maximum atomic E-state index is 12.2. The van der Waals surface area contributed by atoms with Gasteiger partial charge in [0.2, 0.25) is 11.8 Å². The summed E-state index contributed by atoms with van der Waals surface area (Å²) in [5, 5.41) is 11.2. The van der Waals surface area contributed by atoms with Crippen molar-refractivity contribution in [2.45, 2.75) is 12.1 Å². The molecule has 7 nitrogen and oxygen atoms in total. The summed E-state index contributed by atoms with van der Waals surface area (Å²) >= 11 is 1.18. The number of anilines is 1. The van der Waals surface area contributed by atoms with Gasteiger partial charge in [-0.05, 0) is 31.2 Å². The Hall–Kier alpha value is -3.00. The van der Waals surface area contributed by atoms with Gasteiger partial charge >= 0.3 is 0 Å². The number of rotatable bonds is 7. The van der Waals surface area contributed by atoms with Crippen molar-refractivity contribution in [3.05, 3.63) is 48.0 Å². The highest BCUT2D eigenvalue weighted by molar-refractivity contribution is 7.99. The summed E-state index contributed by atoms with van der Waals surface area (Å²) in [6.45, 7) is 1.99. The third-order valence-electron chi connectivity index (χ3n) is 3.67. The van der Waals surface area contributed by atoms with Crippen LogP contribution in [0, 0.1) is 6.92 Å². The van der Waals surface area contributed by atoms with Gasteiger partial charge in [0.25, 0.3) is 5.22 Å². The van der Waals surface area contributed by atoms with E-state index in [1.54, 1.807) is 32.4 Å². The summed E-state index contributed by atoms with van der Waals surface area (Å²) in [7, 11) is 3.10. The van der Waals surface area contributed by atoms with E-state index in [4.69, 9.17) is 13.9 Å². The number of methoxy groups -OCH3 is 2. The molecule has 1 aromatic heterocycles. The Labute approximate surface area is 161 Å². The molecule has 0 atom stereocenters. The quantitative estimate of drug-likeness (QED) is 0.619. The fourth-order valence-electron chi connectivity index (χ4n) is 2.40. The lowest BCUT2D eigenvalue weighted by Gasteiger charge is -2.10. The van der Waals surface area contributed by atoms with Gasteiger partial charge in [0.15, 0.2) is 11.5 Å². The van der Waals surface area contributed by atoms with Crippen LogP contribution in [0.3, 0.4) is 0 Å². The highest BCUT2D eigenvalue weighted by atomic mass is 32.2. The van der Waals surface area contributed by atoms with Crippen LogP contribution in [0.1, 0.15) is 5.56 Å². The first kappa shape index (κ1) is 18.8. The van der Waals surface area contributed by atoms with Crippen molar-refractivity contribution in [2.75, 3.05) is 25.3 Å². The number of carbonyl (C=O) groups excluding carboxylic acids is 1. The molecule has 0 aliphatic heterocycles. The molecule has 2 aromatic carbocycles. The predicted molar refractivity (Wildman–Crippen MR) is 103 cm³/mol. The normalized spacial score (nSPS) is 10.5. The number of ether oxygens (including phenoxy) is 2. The summed E-state index contributed by atoms with van der Waals surface area (Å²) in [4.78, 5) is 12.2. The van der Waals surface area contributed by atoms with Crippen LogP contribution in [0.4, 0.5) is 5.69 Å². The minimum Gasteiger partial charge on any atom is -0.493 e. The number of amides is 1. The molecule has 0 unspecified atom stereocenters. The lowest BCUT2D eigenvalue weighted by atomic mass is 10.1. The van der Waals surface area contributed by atoms with Gasteiger partial charge in [0.1, 0.15) is 0 Å². The first-order valence-corrected chi connectivity index (χ1v) is 9.13. The van der Waals surface area contributed by atoms with E-state index < -0.39 is 0 Å². The molecular weight excluding hydrogens is 366 g/mol. The Morgan fingerprint density at radius 2 is 1.93 bits per heavy atom. The molecule has 0 radical (unpaired) electrons. The lowest BCUT2D eigenvalue weighted by Crippen LogP contribution is -2.14. The van der Waals surface area contributed by atoms with Crippen LogP contribution in [0.2, 0.25) is 0 Å². The number of nitrogens with one attached hydrogen (secondary N) is 1. The van der Waals surface area contributed by atoms with Crippen LogP contribution in [-0.2, 0) is 4.79 Å². The predicted octanol–water partition coefficient (Wildman–Crippen LogP) is 3.79. The lowest BCUT2D eigenvalue weighted by molar-refractivity contribution is -0.113. The Morgan fingerprint density at radius 1 is 1.11 bits per heavy atom. The highest BCUT2D eigenvalue weighted by Crippen LogP contribution is 2.30. The van der Waals surface area contributed by atoms with Crippen molar-refractivity contribution in [1.82, 2.24) is 10.2 Å². The zero-order valence-electron chi connectivity index (χ0n) is 15.2. The molecule has 140 valence electrons. The van der Waals surface area contributed by atoms with Crippen molar-refractivity contribution in [2.24, 2.45) is 0 Å². The molecule has 0 aliphatic carbocycles. The number of benzene rings is 2. The number of aryl methyl sites for hydroxylation is 1. The number of nitrogens with zero attached hydrogens (tertiary/aromatic N) is 2. The number of hydrogen-bond donors (Lipinski definition) is 1. The second-order valence-corrected chi connectivity index (χ2v) is 6.58. The molecule has 1 heterocycles. The standard InChI is InChI=1S/C19H19N3O4S/c1-12-5-4-6-13(9-12)18-21-22-19(26-18)27-11-17(23)20-14-7-8-15(24-2)16(10-14)25-3/h4-10H,11H2,1-3H3,(H,20,23). The van der Waals surface area contributed by atoms with E-state index in [1.807, 2.05) is 31.2 Å². The molecule has 3 aromatic rings. The molecule has 0 fully saturated rings. The average Bonchev–Trinajstić information content (AvgIpc) is 3.15. The number of thioether (sulfide) groups is 1. The van der Waals surface area contributed by atoms with E-state index in [1.165, 1.54) is 11.8 Å². The first-order valence-electron chi connectivity index (χ1n) is 8.14. The third-order valence-corrected chi connectivity index (χ3v) is 4.48. The van der Waals surface area contributed by atoms with E-state index in [0.717, 1.165) is 11.1 Å². The third kappa shape index (κ3) is 4.79. The molecule has 8 heteroatoms. The topological polar surface area (TPSA) is 86.5 Å². The highest BCUT2D eigenvalue weighted by Gasteiger charge is 2.12. The van der Waals surface area contributed by atoms with E-state index in [2.05, 4.69) is 15.5 Å². The molecule has 0 spiro atoms. The molecule has 0 saturated carbocycles. The first-order chi connectivity index (χ1) is 13.1. The smallest absolute Gasteiger partial charge is 0.277 e. The molecular formula is C19H19N3O4S. The van der Waals surface area contributed by atoms with Gasteiger partial charge in [-0.15, -0.1) is 10.2 Å². The van der Waals surface area contributed by atoms with Crippen LogP contribution < -0.4 is 14.8 Å². The van der Waals surface area contributed by atoms with Gasteiger partial charge in [-0.25, -0.2) is 0 Å². The monoisotopic (exact) mass is 385 g/mol. The van der Waals surface area contributed by atoms with E-state index in [0.29, 0.717) is 28.3 Å². The van der Waals surface area contributed by atoms with Crippen molar-refractivity contribution in [1.29, 1.82) is 0 Å². The SMILES string of the molecule is COc1ccc(NC(=O)CSc2nnc(-c3cccc(C)c3)o2)cc1OC. The second-order valence-electron chi connectivity index (χ2n) is 5.65. The zero-order valence-corrected chi connectivity index (χ0v) is 16.0. The van der Waals surface area contributed by atoms with Crippen LogP contribution in [0.15, 0.2) is 52.1 Å². The van der Waals surface area contributed by atoms with Crippen molar-refractivity contribution in [3.8, 4) is 23.0 Å². The minimum atomic E-state index is -0.192. The summed E-state index contributed by atoms with van der Waals surface area (Å²) in [5.41, 5.74) is 2.57. The van der Waals surface area contributed by atoms with E-state index >= 15 is 0 Å². The molecule has 0 saturated heterocycles. The maximum absolute atomic E-state index is 12.2. The number of carbonyl (C=O) groups is 1. The summed E-state index contributed by atoms with van der Waals surface area (Å²) in [6.07, 6.45) is 0. The van der Waals surface area contributed by atoms with Gasteiger partial charge in [-0.1, -0.05) is 29.5 Å². The van der Waals surface area contributed by atoms with Gasteiger partial charge in [0.05, 0.1) is 20.0 Å². The van der Waals surface area contributed by atoms with Gasteiger partial charge in [-0.3, -0.25) is 4.79 Å². The second kappa shape index (κ2) is 8.59. The van der Waals surface area contributed by atoms with Gasteiger partial charge < -0.3 is 19.2 Å². The van der Waals surface area contributed by atoms with Crippen LogP contribution >= 0.6 is 11.8 Å². The molecule has 0 aliphatic rings. The Balaban J connectivity index is 1.58. The minimum absolute atomic E-state index is 0.143. The summed E-state index contributed by atoms with van der Waals surface area (Å²) in [5.74, 6) is 1.52. The van der Waals surface area contributed by atoms with E-state index in [-0.39, 0.29) is 11.7 Å². The number of aromatic nitrogens is 2. The van der Waals surface area contributed by atoms with Crippen molar-refractivity contribution in [3.63, 3.8) is 0 Å². The largest absolute Gasteiger partial charge is 0.493 e. The maximum Gasteiger partial charge on any atom is 0.277 e. The van der Waals surface area contributed by atoms with Crippen molar-refractivity contribution >= 4 is 23.4 Å². The van der Waals surface area contributed by atoms with Crippen LogP contribution in [0.5, 0.6) is 11.5 Å². The molecule has 1 amide bonds. The molecule has 3 rings (SSSR count). The Bertz CT molecular complexity index is 942. The summed E-state index contributed by atoms with van der Waals surface area (Å²) < 4.78 is 16.0. The fourth-order valence-corrected chi connectivity index (χ4v) is 2.96. The molecule has 1 N–H and O–H groups in total. The van der Waals surface area contributed by atoms with Crippen LogP contribution in [0.25, 0.3) is 11.5 Å². The Morgan fingerprint density at radius 3 is 2.67 bits per heavy atom. The number of hydrogen-bond acceptors (Lipinski definition) is 7. The van der Waals surface area contributed by atoms with Gasteiger partial charge in [-0.2, -0.15) is 0 Å². The van der Waals surface area contributed by atoms with E-state index in [9.17, 15) is 4.79 Å². The summed E-state index contributed by atoms with van der Waals surface area (Å²) in [6, 6.07) is 13.0. The van der Waals surface area contributed by atoms with Crippen LogP contribution in [-0.4, -0.2) is 36.1 Å². The fraction of sp³-hybridized carbons (Fsp3) is 0.211. The van der Waals surface area contributed by atoms with Gasteiger partial charge in [0, 0.05) is 17.3 Å².